The maximum Gasteiger partial charge on any atom is 0.231 e. The second kappa shape index (κ2) is 9.11. The van der Waals surface area contributed by atoms with Crippen molar-refractivity contribution in [3.05, 3.63) is 102 Å². The van der Waals surface area contributed by atoms with Crippen molar-refractivity contribution in [2.75, 3.05) is 5.32 Å². The average molecular weight is 428 g/mol. The molecule has 31 heavy (non-hydrogen) atoms. The zero-order valence-electron chi connectivity index (χ0n) is 17.3. The molecule has 0 fully saturated rings. The third-order valence-electron chi connectivity index (χ3n) is 5.19. The molecule has 154 valence electrons. The number of carbonyl (C=O) groups is 1. The Morgan fingerprint density at radius 2 is 1.71 bits per heavy atom. The van der Waals surface area contributed by atoms with E-state index in [9.17, 15) is 4.79 Å². The molecule has 0 aliphatic carbocycles. The number of amides is 1. The fourth-order valence-electron chi connectivity index (χ4n) is 3.44. The summed E-state index contributed by atoms with van der Waals surface area (Å²) in [6.45, 7) is 3.84. The van der Waals surface area contributed by atoms with E-state index < -0.39 is 0 Å². The van der Waals surface area contributed by atoms with Crippen LogP contribution in [0.4, 0.5) is 5.69 Å². The van der Waals surface area contributed by atoms with Crippen LogP contribution in [0.25, 0.3) is 22.3 Å². The summed E-state index contributed by atoms with van der Waals surface area (Å²) in [5.74, 6) is -0.455. The summed E-state index contributed by atoms with van der Waals surface area (Å²) < 4.78 is 0. The number of benzene rings is 2. The Morgan fingerprint density at radius 3 is 2.42 bits per heavy atom. The molecule has 0 aliphatic rings. The molecular weight excluding hydrogens is 406 g/mol. The fraction of sp³-hybridized carbons (Fsp3) is 0.115. The van der Waals surface area contributed by atoms with Gasteiger partial charge < -0.3 is 5.32 Å². The summed E-state index contributed by atoms with van der Waals surface area (Å²) in [5.41, 5.74) is 6.64. The van der Waals surface area contributed by atoms with Crippen molar-refractivity contribution >= 4 is 23.2 Å². The van der Waals surface area contributed by atoms with Gasteiger partial charge in [0.05, 0.1) is 5.92 Å². The maximum absolute atomic E-state index is 12.9. The number of anilines is 1. The van der Waals surface area contributed by atoms with Crippen molar-refractivity contribution < 1.29 is 4.79 Å². The van der Waals surface area contributed by atoms with Gasteiger partial charge in [0.15, 0.2) is 0 Å². The third-order valence-corrected chi connectivity index (χ3v) is 5.41. The lowest BCUT2D eigenvalue weighted by Crippen LogP contribution is -2.18. The van der Waals surface area contributed by atoms with E-state index >= 15 is 0 Å². The van der Waals surface area contributed by atoms with Gasteiger partial charge in [0.25, 0.3) is 0 Å². The van der Waals surface area contributed by atoms with E-state index in [2.05, 4.69) is 15.3 Å². The van der Waals surface area contributed by atoms with Crippen LogP contribution in [-0.4, -0.2) is 15.9 Å². The highest BCUT2D eigenvalue weighted by Crippen LogP contribution is 2.29. The molecule has 1 N–H and O–H groups in total. The molecule has 2 aromatic heterocycles. The van der Waals surface area contributed by atoms with Gasteiger partial charge in [-0.2, -0.15) is 0 Å². The third kappa shape index (κ3) is 4.98. The summed E-state index contributed by atoms with van der Waals surface area (Å²) in [4.78, 5) is 21.3. The van der Waals surface area contributed by atoms with E-state index in [1.54, 1.807) is 18.6 Å². The molecule has 1 unspecified atom stereocenters. The lowest BCUT2D eigenvalue weighted by Gasteiger charge is -2.15. The van der Waals surface area contributed by atoms with Crippen molar-refractivity contribution in [1.29, 1.82) is 0 Å². The van der Waals surface area contributed by atoms with Gasteiger partial charge in [0.1, 0.15) is 0 Å². The highest BCUT2D eigenvalue weighted by Gasteiger charge is 2.17. The summed E-state index contributed by atoms with van der Waals surface area (Å²) in [6.07, 6.45) is 5.31. The van der Waals surface area contributed by atoms with Crippen LogP contribution >= 0.6 is 11.6 Å². The molecule has 0 spiro atoms. The van der Waals surface area contributed by atoms with Crippen molar-refractivity contribution in [3.63, 3.8) is 0 Å². The van der Waals surface area contributed by atoms with E-state index in [-0.39, 0.29) is 11.8 Å². The number of hydrogen-bond acceptors (Lipinski definition) is 3. The molecule has 2 aromatic carbocycles. The molecule has 0 saturated heterocycles. The van der Waals surface area contributed by atoms with Crippen LogP contribution in [0.3, 0.4) is 0 Å². The molecule has 0 bridgehead atoms. The number of halogens is 1. The number of aromatic nitrogens is 2. The monoisotopic (exact) mass is 427 g/mol. The predicted octanol–water partition coefficient (Wildman–Crippen LogP) is 6.51. The lowest BCUT2D eigenvalue weighted by atomic mass is 9.96. The smallest absolute Gasteiger partial charge is 0.231 e. The van der Waals surface area contributed by atoms with Crippen molar-refractivity contribution in [3.8, 4) is 22.3 Å². The summed E-state index contributed by atoms with van der Waals surface area (Å²) in [5, 5.41) is 3.59. The van der Waals surface area contributed by atoms with Gasteiger partial charge in [0, 0.05) is 40.6 Å². The van der Waals surface area contributed by atoms with E-state index in [0.717, 1.165) is 39.2 Å². The van der Waals surface area contributed by atoms with Gasteiger partial charge >= 0.3 is 0 Å². The largest absolute Gasteiger partial charge is 0.326 e. The van der Waals surface area contributed by atoms with Crippen LogP contribution in [0.15, 0.2) is 85.3 Å². The lowest BCUT2D eigenvalue weighted by molar-refractivity contribution is -0.117. The first-order valence-corrected chi connectivity index (χ1v) is 10.4. The first-order valence-electron chi connectivity index (χ1n) is 10.0. The standard InChI is InChI=1S/C26H22ClN3O/c1-17-12-20(9-11-29-17)19-5-7-25(8-6-19)30-26(31)18(2)22-13-23(15-24(27)14-22)21-4-3-10-28-16-21/h3-16,18H,1-2H3,(H,30,31). The fourth-order valence-corrected chi connectivity index (χ4v) is 3.68. The highest BCUT2D eigenvalue weighted by molar-refractivity contribution is 6.31. The summed E-state index contributed by atoms with van der Waals surface area (Å²) >= 11 is 6.34. The minimum atomic E-state index is -0.364. The highest BCUT2D eigenvalue weighted by atomic mass is 35.5. The van der Waals surface area contributed by atoms with Gasteiger partial charge in [-0.25, -0.2) is 0 Å². The Labute approximate surface area is 187 Å². The number of rotatable bonds is 5. The average Bonchev–Trinajstić information content (AvgIpc) is 2.79. The molecular formula is C26H22ClN3O. The first kappa shape index (κ1) is 20.8. The summed E-state index contributed by atoms with van der Waals surface area (Å²) in [6, 6.07) is 21.4. The van der Waals surface area contributed by atoms with Gasteiger partial charge in [-0.3, -0.25) is 14.8 Å². The molecule has 4 rings (SSSR count). The first-order chi connectivity index (χ1) is 15.0. The minimum absolute atomic E-state index is 0.0908. The van der Waals surface area contributed by atoms with Gasteiger partial charge in [-0.1, -0.05) is 35.9 Å². The molecule has 5 heteroatoms. The maximum atomic E-state index is 12.9. The Bertz CT molecular complexity index is 1210. The van der Waals surface area contributed by atoms with Crippen molar-refractivity contribution in [2.24, 2.45) is 0 Å². The van der Waals surface area contributed by atoms with E-state index in [4.69, 9.17) is 11.6 Å². The molecule has 1 atom stereocenters. The molecule has 1 amide bonds. The number of aryl methyl sites for hydroxylation is 1. The molecule has 4 nitrogen and oxygen atoms in total. The summed E-state index contributed by atoms with van der Waals surface area (Å²) in [7, 11) is 0. The number of pyridine rings is 2. The van der Waals surface area contributed by atoms with E-state index in [0.29, 0.717) is 5.02 Å². The quantitative estimate of drug-likeness (QED) is 0.394. The second-order valence-corrected chi connectivity index (χ2v) is 7.93. The van der Waals surface area contributed by atoms with Gasteiger partial charge in [0.2, 0.25) is 5.91 Å². The zero-order chi connectivity index (χ0) is 21.8. The van der Waals surface area contributed by atoms with Gasteiger partial charge in [-0.15, -0.1) is 0 Å². The topological polar surface area (TPSA) is 54.9 Å². The predicted molar refractivity (Wildman–Crippen MR) is 126 cm³/mol. The SMILES string of the molecule is Cc1cc(-c2ccc(NC(=O)C(C)c3cc(Cl)cc(-c4cccnc4)c3)cc2)ccn1. The molecule has 0 saturated carbocycles. The van der Waals surface area contributed by atoms with Crippen LogP contribution in [0.5, 0.6) is 0 Å². The Morgan fingerprint density at radius 1 is 0.903 bits per heavy atom. The molecule has 0 aliphatic heterocycles. The normalized spacial score (nSPS) is 11.7. The van der Waals surface area contributed by atoms with Crippen LogP contribution < -0.4 is 5.32 Å². The van der Waals surface area contributed by atoms with Crippen LogP contribution in [-0.2, 0) is 4.79 Å². The zero-order valence-corrected chi connectivity index (χ0v) is 18.1. The molecule has 0 radical (unpaired) electrons. The molecule has 2 heterocycles. The number of carbonyl (C=O) groups excluding carboxylic acids is 1. The Balaban J connectivity index is 1.51. The van der Waals surface area contributed by atoms with Crippen LogP contribution in [0.1, 0.15) is 24.1 Å². The van der Waals surface area contributed by atoms with Crippen LogP contribution in [0, 0.1) is 6.92 Å². The van der Waals surface area contributed by atoms with E-state index in [1.807, 2.05) is 80.6 Å². The van der Waals surface area contributed by atoms with Gasteiger partial charge in [-0.05, 0) is 78.6 Å². The van der Waals surface area contributed by atoms with Crippen LogP contribution in [0.2, 0.25) is 5.02 Å². The number of nitrogens with one attached hydrogen (secondary N) is 1. The second-order valence-electron chi connectivity index (χ2n) is 7.49. The number of nitrogens with zero attached hydrogens (tertiary/aromatic N) is 2. The minimum Gasteiger partial charge on any atom is -0.326 e. The number of hydrogen-bond donors (Lipinski definition) is 1. The Kier molecular flexibility index (Phi) is 6.10. The van der Waals surface area contributed by atoms with E-state index in [1.165, 1.54) is 0 Å². The Hall–Kier alpha value is -3.50. The van der Waals surface area contributed by atoms with Crippen molar-refractivity contribution in [2.45, 2.75) is 19.8 Å². The molecule has 4 aromatic rings. The van der Waals surface area contributed by atoms with Crippen molar-refractivity contribution in [1.82, 2.24) is 9.97 Å².